The van der Waals surface area contributed by atoms with Crippen molar-refractivity contribution in [3.8, 4) is 11.5 Å². The van der Waals surface area contributed by atoms with E-state index < -0.39 is 11.8 Å². The number of ether oxygens (including phenoxy) is 2. The Labute approximate surface area is 133 Å². The van der Waals surface area contributed by atoms with Gasteiger partial charge in [-0.2, -0.15) is 0 Å². The molecule has 0 fully saturated rings. The second-order valence-electron chi connectivity index (χ2n) is 5.10. The predicted molar refractivity (Wildman–Crippen MR) is 86.2 cm³/mol. The Bertz CT molecular complexity index is 853. The van der Waals surface area contributed by atoms with Gasteiger partial charge in [0.1, 0.15) is 5.75 Å². The number of hydrogen-bond acceptors (Lipinski definition) is 3. The SMILES string of the molecule is COc1ccc(CC(=O)Oc2cccc3ccccc23)cc1F. The van der Waals surface area contributed by atoms with Crippen LogP contribution in [0.15, 0.2) is 60.7 Å². The first-order valence-electron chi connectivity index (χ1n) is 7.18. The molecule has 3 aromatic rings. The van der Waals surface area contributed by atoms with Gasteiger partial charge in [-0.05, 0) is 29.1 Å². The Morgan fingerprint density at radius 2 is 1.78 bits per heavy atom. The smallest absolute Gasteiger partial charge is 0.315 e. The van der Waals surface area contributed by atoms with E-state index in [1.54, 1.807) is 12.1 Å². The first-order chi connectivity index (χ1) is 11.2. The molecule has 0 spiro atoms. The summed E-state index contributed by atoms with van der Waals surface area (Å²) in [4.78, 5) is 12.1. The van der Waals surface area contributed by atoms with Crippen LogP contribution in [0.3, 0.4) is 0 Å². The normalized spacial score (nSPS) is 10.5. The van der Waals surface area contributed by atoms with E-state index >= 15 is 0 Å². The summed E-state index contributed by atoms with van der Waals surface area (Å²) in [6.07, 6.45) is -0.00979. The van der Waals surface area contributed by atoms with Crippen molar-refractivity contribution in [1.29, 1.82) is 0 Å². The monoisotopic (exact) mass is 310 g/mol. The van der Waals surface area contributed by atoms with Gasteiger partial charge in [0.05, 0.1) is 13.5 Å². The van der Waals surface area contributed by atoms with E-state index in [9.17, 15) is 9.18 Å². The predicted octanol–water partition coefficient (Wildman–Crippen LogP) is 4.14. The molecule has 0 aromatic heterocycles. The zero-order chi connectivity index (χ0) is 16.2. The topological polar surface area (TPSA) is 35.5 Å². The molecule has 0 unspecified atom stereocenters. The van der Waals surface area contributed by atoms with Crippen LogP contribution in [-0.4, -0.2) is 13.1 Å². The fourth-order valence-corrected chi connectivity index (χ4v) is 2.43. The van der Waals surface area contributed by atoms with Crippen LogP contribution in [0.2, 0.25) is 0 Å². The van der Waals surface area contributed by atoms with Gasteiger partial charge in [-0.15, -0.1) is 0 Å². The van der Waals surface area contributed by atoms with Crippen molar-refractivity contribution in [3.63, 3.8) is 0 Å². The van der Waals surface area contributed by atoms with Gasteiger partial charge in [0.15, 0.2) is 11.6 Å². The largest absolute Gasteiger partial charge is 0.494 e. The number of halogens is 1. The number of esters is 1. The summed E-state index contributed by atoms with van der Waals surface area (Å²) < 4.78 is 24.0. The Hall–Kier alpha value is -2.88. The zero-order valence-corrected chi connectivity index (χ0v) is 12.6. The van der Waals surface area contributed by atoms with Gasteiger partial charge in [0.2, 0.25) is 0 Å². The van der Waals surface area contributed by atoms with Gasteiger partial charge in [0, 0.05) is 5.39 Å². The molecular weight excluding hydrogens is 295 g/mol. The van der Waals surface area contributed by atoms with Gasteiger partial charge in [-0.1, -0.05) is 42.5 Å². The minimum atomic E-state index is -0.497. The van der Waals surface area contributed by atoms with E-state index in [1.807, 2.05) is 36.4 Å². The summed E-state index contributed by atoms with van der Waals surface area (Å²) in [5.74, 6) is -0.285. The van der Waals surface area contributed by atoms with E-state index in [1.165, 1.54) is 19.2 Å². The number of hydrogen-bond donors (Lipinski definition) is 0. The quantitative estimate of drug-likeness (QED) is 0.537. The summed E-state index contributed by atoms with van der Waals surface area (Å²) in [5.41, 5.74) is 0.536. The minimum absolute atomic E-state index is 0.00979. The van der Waals surface area contributed by atoms with E-state index in [0.717, 1.165) is 10.8 Å². The van der Waals surface area contributed by atoms with Gasteiger partial charge in [0.25, 0.3) is 0 Å². The maximum absolute atomic E-state index is 13.7. The summed E-state index contributed by atoms with van der Waals surface area (Å²) in [6, 6.07) is 17.6. The van der Waals surface area contributed by atoms with Crippen molar-refractivity contribution < 1.29 is 18.7 Å². The minimum Gasteiger partial charge on any atom is -0.494 e. The lowest BCUT2D eigenvalue weighted by Crippen LogP contribution is -2.11. The summed E-state index contributed by atoms with van der Waals surface area (Å²) in [6.45, 7) is 0. The number of fused-ring (bicyclic) bond motifs is 1. The third kappa shape index (κ3) is 3.31. The lowest BCUT2D eigenvalue weighted by Gasteiger charge is -2.08. The third-order valence-electron chi connectivity index (χ3n) is 3.54. The average molecular weight is 310 g/mol. The second kappa shape index (κ2) is 6.48. The Morgan fingerprint density at radius 1 is 1.00 bits per heavy atom. The first kappa shape index (κ1) is 15.0. The van der Waals surface area contributed by atoms with Crippen LogP contribution >= 0.6 is 0 Å². The molecule has 0 N–H and O–H groups in total. The van der Waals surface area contributed by atoms with E-state index in [4.69, 9.17) is 9.47 Å². The Balaban J connectivity index is 1.77. The molecular formula is C19H15FO3. The summed E-state index contributed by atoms with van der Waals surface area (Å²) in [5, 5.41) is 1.86. The maximum atomic E-state index is 13.7. The molecule has 0 amide bonds. The van der Waals surface area contributed by atoms with Crippen molar-refractivity contribution in [2.75, 3.05) is 7.11 Å². The summed E-state index contributed by atoms with van der Waals surface area (Å²) in [7, 11) is 1.40. The molecule has 3 aromatic carbocycles. The second-order valence-corrected chi connectivity index (χ2v) is 5.10. The van der Waals surface area contributed by atoms with E-state index in [0.29, 0.717) is 11.3 Å². The molecule has 3 nitrogen and oxygen atoms in total. The highest BCUT2D eigenvalue weighted by molar-refractivity contribution is 5.90. The molecule has 0 aliphatic carbocycles. The third-order valence-corrected chi connectivity index (χ3v) is 3.54. The molecule has 4 heteroatoms. The Kier molecular flexibility index (Phi) is 4.24. The highest BCUT2D eigenvalue weighted by Crippen LogP contribution is 2.25. The van der Waals surface area contributed by atoms with Crippen LogP contribution in [0.25, 0.3) is 10.8 Å². The fraction of sp³-hybridized carbons (Fsp3) is 0.105. The van der Waals surface area contributed by atoms with Gasteiger partial charge < -0.3 is 9.47 Å². The van der Waals surface area contributed by atoms with Crippen LogP contribution in [0.4, 0.5) is 4.39 Å². The van der Waals surface area contributed by atoms with E-state index in [2.05, 4.69) is 0 Å². The maximum Gasteiger partial charge on any atom is 0.315 e. The van der Waals surface area contributed by atoms with Crippen molar-refractivity contribution >= 4 is 16.7 Å². The molecule has 0 radical (unpaired) electrons. The average Bonchev–Trinajstić information content (AvgIpc) is 2.55. The molecule has 0 saturated heterocycles. The van der Waals surface area contributed by atoms with Crippen molar-refractivity contribution in [2.45, 2.75) is 6.42 Å². The molecule has 116 valence electrons. The number of carbonyl (C=O) groups is 1. The first-order valence-corrected chi connectivity index (χ1v) is 7.18. The molecule has 3 rings (SSSR count). The lowest BCUT2D eigenvalue weighted by molar-refractivity contribution is -0.133. The number of benzene rings is 3. The molecule has 0 saturated carbocycles. The van der Waals surface area contributed by atoms with Gasteiger partial charge in [-0.25, -0.2) is 4.39 Å². The van der Waals surface area contributed by atoms with Crippen LogP contribution < -0.4 is 9.47 Å². The molecule has 23 heavy (non-hydrogen) atoms. The number of rotatable bonds is 4. The molecule has 0 bridgehead atoms. The van der Waals surface area contributed by atoms with Crippen LogP contribution in [0, 0.1) is 5.82 Å². The van der Waals surface area contributed by atoms with Crippen molar-refractivity contribution in [3.05, 3.63) is 72.0 Å². The molecule has 0 heterocycles. The van der Waals surface area contributed by atoms with Crippen LogP contribution in [0.5, 0.6) is 11.5 Å². The van der Waals surface area contributed by atoms with Gasteiger partial charge in [-0.3, -0.25) is 4.79 Å². The van der Waals surface area contributed by atoms with Crippen molar-refractivity contribution in [1.82, 2.24) is 0 Å². The van der Waals surface area contributed by atoms with E-state index in [-0.39, 0.29) is 12.2 Å². The standard InChI is InChI=1S/C19H15FO3/c1-22-18-10-9-13(11-16(18)20)12-19(21)23-17-8-4-6-14-5-2-3-7-15(14)17/h2-11H,12H2,1H3. The molecule has 0 atom stereocenters. The highest BCUT2D eigenvalue weighted by Gasteiger charge is 2.11. The Morgan fingerprint density at radius 3 is 2.57 bits per heavy atom. The highest BCUT2D eigenvalue weighted by atomic mass is 19.1. The van der Waals surface area contributed by atoms with Crippen molar-refractivity contribution in [2.24, 2.45) is 0 Å². The molecule has 0 aliphatic rings. The van der Waals surface area contributed by atoms with Crippen LogP contribution in [-0.2, 0) is 11.2 Å². The molecule has 0 aliphatic heterocycles. The fourth-order valence-electron chi connectivity index (χ4n) is 2.43. The zero-order valence-electron chi connectivity index (χ0n) is 12.6. The summed E-state index contributed by atoms with van der Waals surface area (Å²) >= 11 is 0. The van der Waals surface area contributed by atoms with Gasteiger partial charge >= 0.3 is 5.97 Å². The number of methoxy groups -OCH3 is 1. The lowest BCUT2D eigenvalue weighted by atomic mass is 10.1. The van der Waals surface area contributed by atoms with Crippen LogP contribution in [0.1, 0.15) is 5.56 Å². The number of carbonyl (C=O) groups excluding carboxylic acids is 1.